The molecule has 2 rings (SSSR count). The van der Waals surface area contributed by atoms with Crippen LogP contribution in [0.1, 0.15) is 30.9 Å². The Labute approximate surface area is 89.5 Å². The third-order valence-electron chi connectivity index (χ3n) is 3.31. The van der Waals surface area contributed by atoms with Crippen LogP contribution in [-0.4, -0.2) is 11.0 Å². The van der Waals surface area contributed by atoms with Gasteiger partial charge in [-0.25, -0.2) is 4.98 Å². The number of halogens is 1. The Morgan fingerprint density at radius 3 is 2.50 bits per heavy atom. The van der Waals surface area contributed by atoms with Gasteiger partial charge in [0.15, 0.2) is 0 Å². The van der Waals surface area contributed by atoms with Crippen LogP contribution in [0.25, 0.3) is 0 Å². The zero-order valence-electron chi connectivity index (χ0n) is 8.71. The van der Waals surface area contributed by atoms with Gasteiger partial charge in [0.2, 0.25) is 0 Å². The second kappa shape index (κ2) is 2.94. The molecule has 2 nitrogen and oxygen atoms in total. The molecule has 2 atom stereocenters. The average molecular weight is 211 g/mol. The molecule has 14 heavy (non-hydrogen) atoms. The van der Waals surface area contributed by atoms with Crippen molar-refractivity contribution in [3.63, 3.8) is 0 Å². The predicted molar refractivity (Wildman–Crippen MR) is 58.5 cm³/mol. The van der Waals surface area contributed by atoms with E-state index in [-0.39, 0.29) is 11.5 Å². The van der Waals surface area contributed by atoms with Crippen LogP contribution in [0, 0.1) is 12.3 Å². The largest absolute Gasteiger partial charge is 0.327 e. The van der Waals surface area contributed by atoms with Gasteiger partial charge in [-0.2, -0.15) is 0 Å². The number of aryl methyl sites for hydroxylation is 1. The van der Waals surface area contributed by atoms with Crippen LogP contribution in [0.15, 0.2) is 12.3 Å². The van der Waals surface area contributed by atoms with E-state index in [0.29, 0.717) is 11.1 Å². The van der Waals surface area contributed by atoms with Crippen molar-refractivity contribution >= 4 is 11.6 Å². The molecule has 0 spiro atoms. The third kappa shape index (κ3) is 1.33. The molecule has 0 saturated heterocycles. The molecule has 3 heteroatoms. The maximum atomic E-state index is 6.00. The molecule has 0 aromatic carbocycles. The van der Waals surface area contributed by atoms with Crippen molar-refractivity contribution in [1.29, 1.82) is 0 Å². The Hall–Kier alpha value is -0.600. The Bertz CT molecular complexity index is 374. The first-order valence-electron chi connectivity index (χ1n) is 4.82. The molecular weight excluding hydrogens is 196 g/mol. The lowest BCUT2D eigenvalue weighted by molar-refractivity contribution is 0.598. The molecule has 0 bridgehead atoms. The monoisotopic (exact) mass is 210 g/mol. The van der Waals surface area contributed by atoms with E-state index in [2.05, 4.69) is 24.9 Å². The number of aromatic nitrogens is 1. The number of hydrogen-bond acceptors (Lipinski definition) is 2. The smallest absolute Gasteiger partial charge is 0.131 e. The quantitative estimate of drug-likeness (QED) is 0.724. The second-order valence-electron chi connectivity index (χ2n) is 4.70. The van der Waals surface area contributed by atoms with E-state index in [9.17, 15) is 0 Å². The van der Waals surface area contributed by atoms with Crippen LogP contribution >= 0.6 is 11.6 Å². The van der Waals surface area contributed by atoms with Crippen LogP contribution in [0.4, 0.5) is 0 Å². The van der Waals surface area contributed by atoms with Crippen molar-refractivity contribution in [1.82, 2.24) is 4.98 Å². The summed E-state index contributed by atoms with van der Waals surface area (Å²) in [5.74, 6) is 0.436. The number of rotatable bonds is 1. The summed E-state index contributed by atoms with van der Waals surface area (Å²) in [6.45, 7) is 6.35. The molecule has 1 saturated carbocycles. The SMILES string of the molecule is Cc1cc([C@@H]2[C@@H](N)C2(C)C)cnc1Cl. The standard InChI is InChI=1S/C11H15ClN2/c1-6-4-7(5-14-10(6)12)8-9(13)11(8,2)3/h4-5,8-9H,13H2,1-3H3/t8-,9-/m1/s1. The summed E-state index contributed by atoms with van der Waals surface area (Å²) in [4.78, 5) is 4.15. The zero-order valence-corrected chi connectivity index (χ0v) is 9.47. The van der Waals surface area contributed by atoms with Crippen molar-refractivity contribution in [3.8, 4) is 0 Å². The second-order valence-corrected chi connectivity index (χ2v) is 5.06. The van der Waals surface area contributed by atoms with Crippen molar-refractivity contribution in [2.45, 2.75) is 32.7 Å². The first kappa shape index (κ1) is 9.94. The van der Waals surface area contributed by atoms with Gasteiger partial charge >= 0.3 is 0 Å². The van der Waals surface area contributed by atoms with Crippen molar-refractivity contribution < 1.29 is 0 Å². The van der Waals surface area contributed by atoms with Crippen LogP contribution in [-0.2, 0) is 0 Å². The van der Waals surface area contributed by atoms with Crippen molar-refractivity contribution in [2.24, 2.45) is 11.1 Å². The highest BCUT2D eigenvalue weighted by Crippen LogP contribution is 2.57. The molecule has 0 aliphatic heterocycles. The van der Waals surface area contributed by atoms with E-state index in [1.165, 1.54) is 5.56 Å². The molecule has 1 aromatic rings. The maximum absolute atomic E-state index is 6.00. The maximum Gasteiger partial charge on any atom is 0.131 e. The van der Waals surface area contributed by atoms with Crippen molar-refractivity contribution in [3.05, 3.63) is 28.5 Å². The van der Waals surface area contributed by atoms with E-state index in [0.717, 1.165) is 5.56 Å². The fourth-order valence-corrected chi connectivity index (χ4v) is 2.17. The normalized spacial score (nSPS) is 28.9. The molecule has 1 heterocycles. The summed E-state index contributed by atoms with van der Waals surface area (Å²) in [5, 5.41) is 0.584. The average Bonchev–Trinajstić information content (AvgIpc) is 2.58. The topological polar surface area (TPSA) is 38.9 Å². The van der Waals surface area contributed by atoms with Gasteiger partial charge in [-0.3, -0.25) is 0 Å². The molecule has 0 amide bonds. The highest BCUT2D eigenvalue weighted by molar-refractivity contribution is 6.30. The highest BCUT2D eigenvalue weighted by atomic mass is 35.5. The molecule has 1 fully saturated rings. The molecule has 1 aliphatic carbocycles. The lowest BCUT2D eigenvalue weighted by Crippen LogP contribution is -2.06. The summed E-state index contributed by atoms with van der Waals surface area (Å²) < 4.78 is 0. The van der Waals surface area contributed by atoms with Gasteiger partial charge in [0.1, 0.15) is 5.15 Å². The van der Waals surface area contributed by atoms with Gasteiger partial charge in [-0.05, 0) is 23.5 Å². The minimum Gasteiger partial charge on any atom is -0.327 e. The first-order chi connectivity index (χ1) is 6.44. The summed E-state index contributed by atoms with van der Waals surface area (Å²) in [6.07, 6.45) is 1.84. The Balaban J connectivity index is 2.32. The summed E-state index contributed by atoms with van der Waals surface area (Å²) in [7, 11) is 0. The molecule has 76 valence electrons. The number of pyridine rings is 1. The Kier molecular flexibility index (Phi) is 2.09. The fraction of sp³-hybridized carbons (Fsp3) is 0.545. The van der Waals surface area contributed by atoms with Crippen LogP contribution in [0.3, 0.4) is 0 Å². The van der Waals surface area contributed by atoms with Gasteiger partial charge in [0, 0.05) is 18.2 Å². The van der Waals surface area contributed by atoms with Crippen LogP contribution in [0.5, 0.6) is 0 Å². The lowest BCUT2D eigenvalue weighted by atomic mass is 10.0. The summed E-state index contributed by atoms with van der Waals surface area (Å²) in [6, 6.07) is 2.35. The predicted octanol–water partition coefficient (Wildman–Crippen LogP) is 2.49. The fourth-order valence-electron chi connectivity index (χ4n) is 2.06. The van der Waals surface area contributed by atoms with E-state index in [4.69, 9.17) is 17.3 Å². The Morgan fingerprint density at radius 1 is 1.50 bits per heavy atom. The Morgan fingerprint density at radius 2 is 2.07 bits per heavy atom. The zero-order chi connectivity index (χ0) is 10.5. The van der Waals surface area contributed by atoms with E-state index in [1.54, 1.807) is 0 Å². The molecule has 0 unspecified atom stereocenters. The van der Waals surface area contributed by atoms with Gasteiger partial charge in [0.25, 0.3) is 0 Å². The molecular formula is C11H15ClN2. The van der Waals surface area contributed by atoms with Gasteiger partial charge in [0.05, 0.1) is 0 Å². The highest BCUT2D eigenvalue weighted by Gasteiger charge is 2.56. The van der Waals surface area contributed by atoms with Crippen LogP contribution < -0.4 is 5.73 Å². The van der Waals surface area contributed by atoms with E-state index < -0.39 is 0 Å². The van der Waals surface area contributed by atoms with Crippen LogP contribution in [0.2, 0.25) is 5.15 Å². The first-order valence-corrected chi connectivity index (χ1v) is 5.20. The molecule has 1 aliphatic rings. The molecule has 2 N–H and O–H groups in total. The van der Waals surface area contributed by atoms with Gasteiger partial charge in [-0.1, -0.05) is 31.5 Å². The lowest BCUT2D eigenvalue weighted by Gasteiger charge is -2.04. The van der Waals surface area contributed by atoms with E-state index >= 15 is 0 Å². The summed E-state index contributed by atoms with van der Waals surface area (Å²) in [5.41, 5.74) is 8.45. The van der Waals surface area contributed by atoms with Gasteiger partial charge < -0.3 is 5.73 Å². The molecule has 1 aromatic heterocycles. The number of hydrogen-bond donors (Lipinski definition) is 1. The van der Waals surface area contributed by atoms with Crippen molar-refractivity contribution in [2.75, 3.05) is 0 Å². The minimum atomic E-state index is 0.210. The molecule has 0 radical (unpaired) electrons. The number of nitrogens with zero attached hydrogens (tertiary/aromatic N) is 1. The minimum absolute atomic E-state index is 0.210. The van der Waals surface area contributed by atoms with Gasteiger partial charge in [-0.15, -0.1) is 0 Å². The third-order valence-corrected chi connectivity index (χ3v) is 3.70. The summed E-state index contributed by atoms with van der Waals surface area (Å²) >= 11 is 5.87. The van der Waals surface area contributed by atoms with E-state index in [1.807, 2.05) is 13.1 Å². The number of nitrogens with two attached hydrogens (primary N) is 1.